The minimum absolute atomic E-state index is 0.0160. The third-order valence-electron chi connectivity index (χ3n) is 4.90. The summed E-state index contributed by atoms with van der Waals surface area (Å²) in [7, 11) is 0. The van der Waals surface area contributed by atoms with E-state index >= 15 is 0 Å². The van der Waals surface area contributed by atoms with Gasteiger partial charge in [-0.2, -0.15) is 13.2 Å². The van der Waals surface area contributed by atoms with Crippen molar-refractivity contribution in [1.29, 1.82) is 0 Å². The highest BCUT2D eigenvalue weighted by Crippen LogP contribution is 2.34. The van der Waals surface area contributed by atoms with Crippen LogP contribution < -0.4 is 16.0 Å². The van der Waals surface area contributed by atoms with Crippen molar-refractivity contribution in [2.24, 2.45) is 0 Å². The third kappa shape index (κ3) is 4.04. The molecule has 2 heterocycles. The highest BCUT2D eigenvalue weighted by atomic mass is 19.4. The predicted molar refractivity (Wildman–Crippen MR) is 102 cm³/mol. The summed E-state index contributed by atoms with van der Waals surface area (Å²) < 4.78 is 49.8. The lowest BCUT2D eigenvalue weighted by molar-refractivity contribution is -0.137. The van der Waals surface area contributed by atoms with Crippen molar-refractivity contribution in [1.82, 2.24) is 10.3 Å². The van der Waals surface area contributed by atoms with Gasteiger partial charge in [-0.05, 0) is 29.8 Å². The van der Waals surface area contributed by atoms with Crippen LogP contribution >= 0.6 is 0 Å². The molecule has 1 aromatic heterocycles. The monoisotopic (exact) mass is 421 g/mol. The summed E-state index contributed by atoms with van der Waals surface area (Å²) in [5, 5.41) is 2.71. The number of anilines is 1. The Labute approximate surface area is 168 Å². The zero-order valence-corrected chi connectivity index (χ0v) is 15.7. The number of H-pyrrole nitrogens is 1. The predicted octanol–water partition coefficient (Wildman–Crippen LogP) is 2.91. The molecule has 30 heavy (non-hydrogen) atoms. The molecule has 1 aliphatic rings. The van der Waals surface area contributed by atoms with E-state index in [-0.39, 0.29) is 23.2 Å². The highest BCUT2D eigenvalue weighted by Gasteiger charge is 2.32. The van der Waals surface area contributed by atoms with Gasteiger partial charge in [0.15, 0.2) is 5.58 Å². The standard InChI is InChI=1S/C20H18F3N3O4/c21-20(22,23)13-5-4-12(15(10-13)26-6-8-29-9-7-26)11-24-18(27)14-2-1-3-16-17(14)25-19(28)30-16/h1-5,10H,6-9,11H2,(H,24,27)(H,25,28). The summed E-state index contributed by atoms with van der Waals surface area (Å²) in [5.74, 6) is -1.16. The maximum absolute atomic E-state index is 13.2. The number of amides is 1. The van der Waals surface area contributed by atoms with E-state index in [0.717, 1.165) is 12.1 Å². The van der Waals surface area contributed by atoms with Gasteiger partial charge in [0.25, 0.3) is 5.91 Å². The van der Waals surface area contributed by atoms with Crippen LogP contribution in [0.15, 0.2) is 45.6 Å². The third-order valence-corrected chi connectivity index (χ3v) is 4.90. The molecule has 1 fully saturated rings. The summed E-state index contributed by atoms with van der Waals surface area (Å²) in [6, 6.07) is 8.12. The SMILES string of the molecule is O=C(NCc1ccc(C(F)(F)F)cc1N1CCOCC1)c1cccc2oc(=O)[nH]c12. The van der Waals surface area contributed by atoms with E-state index in [1.54, 1.807) is 12.1 Å². The number of rotatable bonds is 4. The van der Waals surface area contributed by atoms with Crippen LogP contribution in [0.5, 0.6) is 0 Å². The van der Waals surface area contributed by atoms with E-state index in [9.17, 15) is 22.8 Å². The van der Waals surface area contributed by atoms with Crippen molar-refractivity contribution < 1.29 is 27.1 Å². The first-order chi connectivity index (χ1) is 14.3. The van der Waals surface area contributed by atoms with Gasteiger partial charge in [0.1, 0.15) is 0 Å². The number of carbonyl (C=O) groups is 1. The van der Waals surface area contributed by atoms with Gasteiger partial charge in [-0.15, -0.1) is 0 Å². The van der Waals surface area contributed by atoms with Gasteiger partial charge < -0.3 is 19.4 Å². The number of morpholine rings is 1. The number of alkyl halides is 3. The average molecular weight is 421 g/mol. The van der Waals surface area contributed by atoms with Crippen LogP contribution in [0.25, 0.3) is 11.1 Å². The largest absolute Gasteiger partial charge is 0.417 e. The molecule has 0 atom stereocenters. The number of ether oxygens (including phenoxy) is 1. The van der Waals surface area contributed by atoms with E-state index in [1.165, 1.54) is 12.1 Å². The van der Waals surface area contributed by atoms with Crippen molar-refractivity contribution in [3.63, 3.8) is 0 Å². The normalized spacial score (nSPS) is 14.8. The van der Waals surface area contributed by atoms with Gasteiger partial charge in [0.05, 0.1) is 29.9 Å². The molecule has 158 valence electrons. The van der Waals surface area contributed by atoms with Gasteiger partial charge in [0.2, 0.25) is 0 Å². The number of fused-ring (bicyclic) bond motifs is 1. The topological polar surface area (TPSA) is 87.6 Å². The Morgan fingerprint density at radius 3 is 2.67 bits per heavy atom. The fourth-order valence-corrected chi connectivity index (χ4v) is 3.42. The number of para-hydroxylation sites is 1. The quantitative estimate of drug-likeness (QED) is 0.677. The molecule has 0 unspecified atom stereocenters. The maximum atomic E-state index is 13.2. The molecule has 0 bridgehead atoms. The van der Waals surface area contributed by atoms with Crippen molar-refractivity contribution >= 4 is 22.7 Å². The van der Waals surface area contributed by atoms with E-state index < -0.39 is 23.4 Å². The first-order valence-corrected chi connectivity index (χ1v) is 9.26. The van der Waals surface area contributed by atoms with Crippen LogP contribution in [0.2, 0.25) is 0 Å². The molecule has 1 saturated heterocycles. The minimum atomic E-state index is -4.47. The molecule has 2 aromatic carbocycles. The number of hydrogen-bond donors (Lipinski definition) is 2. The van der Waals surface area contributed by atoms with Crippen molar-refractivity contribution in [2.45, 2.75) is 12.7 Å². The van der Waals surface area contributed by atoms with E-state index in [4.69, 9.17) is 9.15 Å². The van der Waals surface area contributed by atoms with Gasteiger partial charge in [-0.25, -0.2) is 4.79 Å². The summed E-state index contributed by atoms with van der Waals surface area (Å²) in [6.07, 6.45) is -4.47. The lowest BCUT2D eigenvalue weighted by atomic mass is 10.1. The molecule has 2 N–H and O–H groups in total. The Morgan fingerprint density at radius 1 is 1.17 bits per heavy atom. The van der Waals surface area contributed by atoms with Crippen LogP contribution in [0.3, 0.4) is 0 Å². The number of carbonyl (C=O) groups excluding carboxylic acids is 1. The summed E-state index contributed by atoms with van der Waals surface area (Å²) in [5.41, 5.74) is 0.921. The highest BCUT2D eigenvalue weighted by molar-refractivity contribution is 6.04. The van der Waals surface area contributed by atoms with E-state index in [0.29, 0.717) is 37.6 Å². The van der Waals surface area contributed by atoms with Crippen LogP contribution in [0, 0.1) is 0 Å². The Morgan fingerprint density at radius 2 is 1.93 bits per heavy atom. The van der Waals surface area contributed by atoms with Crippen molar-refractivity contribution in [3.8, 4) is 0 Å². The second-order valence-corrected chi connectivity index (χ2v) is 6.82. The number of aromatic nitrogens is 1. The zero-order valence-electron chi connectivity index (χ0n) is 15.7. The Kier molecular flexibility index (Phi) is 5.25. The number of oxazole rings is 1. The summed E-state index contributed by atoms with van der Waals surface area (Å²) in [6.45, 7) is 1.76. The fourth-order valence-electron chi connectivity index (χ4n) is 3.42. The summed E-state index contributed by atoms with van der Waals surface area (Å²) in [4.78, 5) is 28.4. The number of hydrogen-bond acceptors (Lipinski definition) is 5. The molecule has 4 rings (SSSR count). The molecule has 0 aliphatic carbocycles. The molecule has 7 nitrogen and oxygen atoms in total. The number of aromatic amines is 1. The number of nitrogens with zero attached hydrogens (tertiary/aromatic N) is 1. The number of halogens is 3. The van der Waals surface area contributed by atoms with Crippen molar-refractivity contribution in [3.05, 3.63) is 63.6 Å². The van der Waals surface area contributed by atoms with Gasteiger partial charge in [-0.1, -0.05) is 12.1 Å². The van der Waals surface area contributed by atoms with Crippen LogP contribution in [0.4, 0.5) is 18.9 Å². The Balaban J connectivity index is 1.60. The number of benzene rings is 2. The Hall–Kier alpha value is -3.27. The van der Waals surface area contributed by atoms with Crippen LogP contribution in [-0.4, -0.2) is 37.2 Å². The van der Waals surface area contributed by atoms with E-state index in [2.05, 4.69) is 10.3 Å². The first kappa shape index (κ1) is 20.0. The molecule has 3 aromatic rings. The average Bonchev–Trinajstić information content (AvgIpc) is 3.12. The molecule has 1 aliphatic heterocycles. The van der Waals surface area contributed by atoms with Crippen LogP contribution in [0.1, 0.15) is 21.5 Å². The lowest BCUT2D eigenvalue weighted by Crippen LogP contribution is -2.37. The molecular formula is C20H18F3N3O4. The second-order valence-electron chi connectivity index (χ2n) is 6.82. The smallest absolute Gasteiger partial charge is 0.408 e. The lowest BCUT2D eigenvalue weighted by Gasteiger charge is -2.31. The zero-order chi connectivity index (χ0) is 21.3. The van der Waals surface area contributed by atoms with Gasteiger partial charge in [0, 0.05) is 25.3 Å². The van der Waals surface area contributed by atoms with Crippen molar-refractivity contribution in [2.75, 3.05) is 31.2 Å². The fraction of sp³-hybridized carbons (Fsp3) is 0.300. The Bertz CT molecular complexity index is 1130. The van der Waals surface area contributed by atoms with Crippen LogP contribution in [-0.2, 0) is 17.5 Å². The van der Waals surface area contributed by atoms with E-state index in [1.807, 2.05) is 4.90 Å². The molecule has 0 spiro atoms. The second kappa shape index (κ2) is 7.86. The minimum Gasteiger partial charge on any atom is -0.408 e. The molecule has 0 radical (unpaired) electrons. The first-order valence-electron chi connectivity index (χ1n) is 9.26. The molecule has 10 heteroatoms. The molecular weight excluding hydrogens is 403 g/mol. The maximum Gasteiger partial charge on any atom is 0.417 e. The summed E-state index contributed by atoms with van der Waals surface area (Å²) >= 11 is 0. The number of nitrogens with one attached hydrogen (secondary N) is 2. The van der Waals surface area contributed by atoms with Gasteiger partial charge in [-0.3, -0.25) is 9.78 Å². The van der Waals surface area contributed by atoms with Gasteiger partial charge >= 0.3 is 11.9 Å². The molecule has 1 amide bonds. The molecule has 0 saturated carbocycles.